The first-order valence-corrected chi connectivity index (χ1v) is 6.08. The topological polar surface area (TPSA) is 83.9 Å². The van der Waals surface area contributed by atoms with Crippen LogP contribution in [0.3, 0.4) is 0 Å². The minimum absolute atomic E-state index is 0.0285. The smallest absolute Gasteiger partial charge is 0.407 e. The molecule has 80 valence electrons. The van der Waals surface area contributed by atoms with Crippen LogP contribution in [0.4, 0.5) is 4.79 Å². The molecule has 0 aromatic heterocycles. The molecule has 6 nitrogen and oxygen atoms in total. The standard InChI is InChI=1S/C7H11NO5S/c1-14(11,12)13-6-3-8(7(9)10)5-2-4(5)6/h4-6H,2-3H2,1H3,(H,9,10). The van der Waals surface area contributed by atoms with Crippen molar-refractivity contribution >= 4 is 16.2 Å². The number of likely N-dealkylation sites (tertiary alicyclic amines) is 1. The van der Waals surface area contributed by atoms with Crippen LogP contribution >= 0.6 is 0 Å². The van der Waals surface area contributed by atoms with Crippen molar-refractivity contribution in [3.05, 3.63) is 0 Å². The number of hydrogen-bond acceptors (Lipinski definition) is 4. The average molecular weight is 221 g/mol. The van der Waals surface area contributed by atoms with Gasteiger partial charge in [0.05, 0.1) is 18.9 Å². The zero-order valence-electron chi connectivity index (χ0n) is 7.58. The van der Waals surface area contributed by atoms with Crippen molar-refractivity contribution in [1.29, 1.82) is 0 Å². The van der Waals surface area contributed by atoms with E-state index in [0.29, 0.717) is 6.42 Å². The minimum Gasteiger partial charge on any atom is -0.465 e. The number of nitrogens with zero attached hydrogens (tertiary/aromatic N) is 1. The molecule has 1 saturated heterocycles. The van der Waals surface area contributed by atoms with Crippen LogP contribution in [0.2, 0.25) is 0 Å². The number of hydrogen-bond donors (Lipinski definition) is 1. The van der Waals surface area contributed by atoms with Gasteiger partial charge in [-0.15, -0.1) is 0 Å². The maximum atomic E-state index is 10.8. The first kappa shape index (κ1) is 9.72. The molecule has 1 N–H and O–H groups in total. The normalized spacial score (nSPS) is 35.5. The lowest BCUT2D eigenvalue weighted by Crippen LogP contribution is -2.33. The molecule has 1 amide bonds. The van der Waals surface area contributed by atoms with Gasteiger partial charge in [-0.2, -0.15) is 8.42 Å². The van der Waals surface area contributed by atoms with E-state index in [2.05, 4.69) is 0 Å². The summed E-state index contributed by atoms with van der Waals surface area (Å²) in [6, 6.07) is -0.0285. The number of rotatable bonds is 2. The highest BCUT2D eigenvalue weighted by molar-refractivity contribution is 7.86. The molecule has 0 aromatic carbocycles. The van der Waals surface area contributed by atoms with Gasteiger partial charge in [0.2, 0.25) is 0 Å². The fourth-order valence-corrected chi connectivity index (χ4v) is 2.62. The van der Waals surface area contributed by atoms with Gasteiger partial charge in [-0.3, -0.25) is 4.18 Å². The van der Waals surface area contributed by atoms with Gasteiger partial charge in [0.1, 0.15) is 0 Å². The number of carbonyl (C=O) groups is 1. The molecule has 3 atom stereocenters. The molecule has 0 bridgehead atoms. The van der Waals surface area contributed by atoms with Gasteiger partial charge in [0.15, 0.2) is 0 Å². The van der Waals surface area contributed by atoms with Crippen LogP contribution < -0.4 is 0 Å². The summed E-state index contributed by atoms with van der Waals surface area (Å²) in [5.74, 6) is 0.0702. The molecule has 1 aliphatic carbocycles. The van der Waals surface area contributed by atoms with Crippen LogP contribution in [0.1, 0.15) is 6.42 Å². The predicted molar refractivity (Wildman–Crippen MR) is 46.3 cm³/mol. The Morgan fingerprint density at radius 3 is 2.64 bits per heavy atom. The molecule has 1 aliphatic heterocycles. The molecule has 1 heterocycles. The highest BCUT2D eigenvalue weighted by Gasteiger charge is 2.56. The molecular formula is C7H11NO5S. The van der Waals surface area contributed by atoms with Crippen molar-refractivity contribution in [2.75, 3.05) is 12.8 Å². The lowest BCUT2D eigenvalue weighted by molar-refractivity contribution is 0.132. The van der Waals surface area contributed by atoms with Crippen molar-refractivity contribution in [2.24, 2.45) is 5.92 Å². The summed E-state index contributed by atoms with van der Waals surface area (Å²) in [7, 11) is -3.48. The van der Waals surface area contributed by atoms with Crippen LogP contribution in [0, 0.1) is 5.92 Å². The van der Waals surface area contributed by atoms with Gasteiger partial charge in [-0.1, -0.05) is 0 Å². The van der Waals surface area contributed by atoms with Crippen molar-refractivity contribution in [2.45, 2.75) is 18.6 Å². The molecule has 2 aliphatic rings. The van der Waals surface area contributed by atoms with Gasteiger partial charge in [-0.05, 0) is 6.42 Å². The van der Waals surface area contributed by atoms with Gasteiger partial charge in [-0.25, -0.2) is 4.79 Å². The second-order valence-corrected chi connectivity index (χ2v) is 5.34. The number of fused-ring (bicyclic) bond motifs is 1. The van der Waals surface area contributed by atoms with E-state index >= 15 is 0 Å². The van der Waals surface area contributed by atoms with Crippen LogP contribution in [0.25, 0.3) is 0 Å². The Kier molecular flexibility index (Phi) is 1.97. The molecule has 7 heteroatoms. The Labute approximate surface area is 81.6 Å². The molecule has 2 fully saturated rings. The summed E-state index contributed by atoms with van der Waals surface area (Å²) >= 11 is 0. The van der Waals surface area contributed by atoms with E-state index in [1.165, 1.54) is 4.90 Å². The fourth-order valence-electron chi connectivity index (χ4n) is 1.97. The third-order valence-electron chi connectivity index (χ3n) is 2.60. The molecular weight excluding hydrogens is 210 g/mol. The summed E-state index contributed by atoms with van der Waals surface area (Å²) in [6.45, 7) is 0.164. The summed E-state index contributed by atoms with van der Waals surface area (Å²) in [6.07, 6.45) is 0.212. The molecule has 14 heavy (non-hydrogen) atoms. The SMILES string of the molecule is CS(=O)(=O)OC1CN(C(=O)O)C2CC12. The van der Waals surface area contributed by atoms with Crippen molar-refractivity contribution in [1.82, 2.24) is 4.90 Å². The van der Waals surface area contributed by atoms with E-state index in [1.807, 2.05) is 0 Å². The van der Waals surface area contributed by atoms with E-state index in [1.54, 1.807) is 0 Å². The lowest BCUT2D eigenvalue weighted by Gasteiger charge is -2.16. The van der Waals surface area contributed by atoms with Crippen molar-refractivity contribution < 1.29 is 22.5 Å². The van der Waals surface area contributed by atoms with Crippen LogP contribution in [0.15, 0.2) is 0 Å². The lowest BCUT2D eigenvalue weighted by atomic mass is 10.3. The van der Waals surface area contributed by atoms with E-state index in [4.69, 9.17) is 9.29 Å². The average Bonchev–Trinajstić information content (AvgIpc) is 2.68. The van der Waals surface area contributed by atoms with Gasteiger partial charge in [0.25, 0.3) is 10.1 Å². The zero-order valence-corrected chi connectivity index (χ0v) is 8.40. The molecule has 2 rings (SSSR count). The summed E-state index contributed by atoms with van der Waals surface area (Å²) in [4.78, 5) is 11.9. The largest absolute Gasteiger partial charge is 0.465 e. The van der Waals surface area contributed by atoms with E-state index in [-0.39, 0.29) is 18.5 Å². The molecule has 0 aromatic rings. The van der Waals surface area contributed by atoms with Crippen molar-refractivity contribution in [3.63, 3.8) is 0 Å². The Bertz CT molecular complexity index is 364. The Morgan fingerprint density at radius 1 is 1.57 bits per heavy atom. The predicted octanol–water partition coefficient (Wildman–Crippen LogP) is -0.287. The fraction of sp³-hybridized carbons (Fsp3) is 0.857. The Hall–Kier alpha value is -0.820. The summed E-state index contributed by atoms with van der Waals surface area (Å²) in [5, 5.41) is 8.75. The minimum atomic E-state index is -3.48. The first-order chi connectivity index (χ1) is 6.38. The van der Waals surface area contributed by atoms with Gasteiger partial charge in [0, 0.05) is 12.0 Å². The highest BCUT2D eigenvalue weighted by Crippen LogP contribution is 2.46. The Balaban J connectivity index is 2.03. The molecule has 0 radical (unpaired) electrons. The highest BCUT2D eigenvalue weighted by atomic mass is 32.2. The van der Waals surface area contributed by atoms with E-state index in [9.17, 15) is 13.2 Å². The van der Waals surface area contributed by atoms with E-state index < -0.39 is 22.3 Å². The number of piperidine rings is 1. The molecule has 0 spiro atoms. The first-order valence-electron chi connectivity index (χ1n) is 4.26. The second kappa shape index (κ2) is 2.83. The summed E-state index contributed by atoms with van der Waals surface area (Å²) in [5.41, 5.74) is 0. The monoisotopic (exact) mass is 221 g/mol. The van der Waals surface area contributed by atoms with Crippen LogP contribution in [-0.2, 0) is 14.3 Å². The third-order valence-corrected chi connectivity index (χ3v) is 3.20. The van der Waals surface area contributed by atoms with Gasteiger partial charge >= 0.3 is 6.09 Å². The number of amides is 1. The third kappa shape index (κ3) is 1.69. The summed E-state index contributed by atoms with van der Waals surface area (Å²) < 4.78 is 26.5. The van der Waals surface area contributed by atoms with Crippen LogP contribution in [-0.4, -0.2) is 49.5 Å². The van der Waals surface area contributed by atoms with E-state index in [0.717, 1.165) is 6.26 Å². The second-order valence-electron chi connectivity index (χ2n) is 3.74. The maximum absolute atomic E-state index is 10.8. The maximum Gasteiger partial charge on any atom is 0.407 e. The number of carboxylic acid groups (broad SMARTS) is 1. The molecule has 1 saturated carbocycles. The molecule has 3 unspecified atom stereocenters. The van der Waals surface area contributed by atoms with Gasteiger partial charge < -0.3 is 10.0 Å². The zero-order chi connectivity index (χ0) is 10.5. The van der Waals surface area contributed by atoms with Crippen molar-refractivity contribution in [3.8, 4) is 0 Å². The van der Waals surface area contributed by atoms with Crippen LogP contribution in [0.5, 0.6) is 0 Å². The quantitative estimate of drug-likeness (QED) is 0.648. The Morgan fingerprint density at radius 2 is 2.21 bits per heavy atom.